The highest BCUT2D eigenvalue weighted by Crippen LogP contribution is 2.22. The van der Waals surface area contributed by atoms with Crippen molar-refractivity contribution in [2.24, 2.45) is 7.05 Å². The zero-order valence-electron chi connectivity index (χ0n) is 14.1. The minimum absolute atomic E-state index is 0.0448. The molecule has 8 nitrogen and oxygen atoms in total. The number of hydrogen-bond donors (Lipinski definition) is 2. The number of Topliss-reactive ketones (excluding diaryl/α,β-unsaturated/α-hetero) is 1. The Kier molecular flexibility index (Phi) is 5.29. The number of terminal acetylenes is 1. The highest BCUT2D eigenvalue weighted by molar-refractivity contribution is 6.43. The van der Waals surface area contributed by atoms with Crippen LogP contribution in [0.15, 0.2) is 18.7 Å². The number of carbonyl (C=O) groups excluding carboxylic acids is 3. The lowest BCUT2D eigenvalue weighted by atomic mass is 10.0. The Hall–Kier alpha value is -3.47. The summed E-state index contributed by atoms with van der Waals surface area (Å²) in [6, 6.07) is 0. The van der Waals surface area contributed by atoms with E-state index in [2.05, 4.69) is 26.5 Å². The number of hydrogen-bond acceptors (Lipinski definition) is 5. The molecule has 0 atom stereocenters. The van der Waals surface area contributed by atoms with Gasteiger partial charge < -0.3 is 15.2 Å². The van der Waals surface area contributed by atoms with Crippen LogP contribution in [-0.4, -0.2) is 38.7 Å². The van der Waals surface area contributed by atoms with Gasteiger partial charge in [-0.25, -0.2) is 9.97 Å². The smallest absolute Gasteiger partial charge is 0.293 e. The number of nitrogens with zero attached hydrogens (tertiary/aromatic N) is 3. The summed E-state index contributed by atoms with van der Waals surface area (Å²) in [5.74, 6) is 0.261. The minimum Gasteiger partial charge on any atom is -0.343 e. The summed E-state index contributed by atoms with van der Waals surface area (Å²) in [5.41, 5.74) is 1.80. The molecule has 0 aliphatic rings. The maximum Gasteiger partial charge on any atom is 0.293 e. The number of anilines is 1. The predicted octanol–water partition coefficient (Wildman–Crippen LogP) is 0.616. The van der Waals surface area contributed by atoms with Gasteiger partial charge >= 0.3 is 0 Å². The molecule has 2 N–H and O–H groups in total. The molecule has 2 aromatic rings. The first-order valence-electron chi connectivity index (χ1n) is 7.36. The van der Waals surface area contributed by atoms with Crippen LogP contribution in [0.1, 0.15) is 32.1 Å². The third kappa shape index (κ3) is 3.55. The van der Waals surface area contributed by atoms with Crippen molar-refractivity contribution < 1.29 is 14.4 Å². The fourth-order valence-electron chi connectivity index (χ4n) is 2.51. The Labute approximate surface area is 144 Å². The SMILES string of the molecule is C#CCNC(=O)C(=O)c1c(C)c(C(=O)Nc2cncnc2)n(C)c1C. The molecule has 2 aromatic heterocycles. The minimum atomic E-state index is -0.807. The molecule has 0 aliphatic heterocycles. The number of nitrogens with one attached hydrogen (secondary N) is 2. The molecular formula is C17H17N5O3. The van der Waals surface area contributed by atoms with Crippen LogP contribution in [0.2, 0.25) is 0 Å². The number of aromatic nitrogens is 3. The van der Waals surface area contributed by atoms with Crippen molar-refractivity contribution in [3.05, 3.63) is 41.2 Å². The van der Waals surface area contributed by atoms with Crippen molar-refractivity contribution in [2.75, 3.05) is 11.9 Å². The van der Waals surface area contributed by atoms with Gasteiger partial charge in [-0.15, -0.1) is 6.42 Å². The van der Waals surface area contributed by atoms with Crippen LogP contribution >= 0.6 is 0 Å². The van der Waals surface area contributed by atoms with Crippen molar-refractivity contribution in [1.82, 2.24) is 19.9 Å². The Bertz CT molecular complexity index is 878. The molecule has 2 rings (SSSR count). The molecule has 0 saturated heterocycles. The third-order valence-electron chi connectivity index (χ3n) is 3.75. The Morgan fingerprint density at radius 3 is 2.48 bits per heavy atom. The molecule has 0 fully saturated rings. The summed E-state index contributed by atoms with van der Waals surface area (Å²) in [5, 5.41) is 4.99. The number of ketones is 1. The molecule has 0 aromatic carbocycles. The lowest BCUT2D eigenvalue weighted by Gasteiger charge is -2.07. The quantitative estimate of drug-likeness (QED) is 0.472. The number of carbonyl (C=O) groups is 3. The van der Waals surface area contributed by atoms with E-state index in [-0.39, 0.29) is 17.8 Å². The summed E-state index contributed by atoms with van der Waals surface area (Å²) < 4.78 is 1.57. The van der Waals surface area contributed by atoms with Crippen LogP contribution in [0.5, 0.6) is 0 Å². The summed E-state index contributed by atoms with van der Waals surface area (Å²) in [6.45, 7) is 3.24. The maximum atomic E-state index is 12.6. The van der Waals surface area contributed by atoms with E-state index < -0.39 is 17.6 Å². The van der Waals surface area contributed by atoms with Gasteiger partial charge in [0.05, 0.1) is 30.2 Å². The highest BCUT2D eigenvalue weighted by Gasteiger charge is 2.28. The van der Waals surface area contributed by atoms with Gasteiger partial charge in [0.2, 0.25) is 0 Å². The van der Waals surface area contributed by atoms with Gasteiger partial charge in [0.25, 0.3) is 17.6 Å². The van der Waals surface area contributed by atoms with Gasteiger partial charge in [-0.3, -0.25) is 14.4 Å². The van der Waals surface area contributed by atoms with Crippen LogP contribution in [0.3, 0.4) is 0 Å². The van der Waals surface area contributed by atoms with E-state index in [0.29, 0.717) is 16.9 Å². The molecule has 2 heterocycles. The topological polar surface area (TPSA) is 106 Å². The van der Waals surface area contributed by atoms with Crippen molar-refractivity contribution in [2.45, 2.75) is 13.8 Å². The molecule has 0 spiro atoms. The van der Waals surface area contributed by atoms with E-state index in [1.807, 2.05) is 0 Å². The van der Waals surface area contributed by atoms with E-state index in [1.165, 1.54) is 18.7 Å². The summed E-state index contributed by atoms with van der Waals surface area (Å²) in [6.07, 6.45) is 9.33. The van der Waals surface area contributed by atoms with Crippen molar-refractivity contribution in [3.63, 3.8) is 0 Å². The Morgan fingerprint density at radius 1 is 1.24 bits per heavy atom. The van der Waals surface area contributed by atoms with Gasteiger partial charge in [0, 0.05) is 12.7 Å². The number of amides is 2. The van der Waals surface area contributed by atoms with Gasteiger partial charge in [-0.2, -0.15) is 0 Å². The monoisotopic (exact) mass is 339 g/mol. The molecular weight excluding hydrogens is 322 g/mol. The molecule has 8 heteroatoms. The van der Waals surface area contributed by atoms with Crippen LogP contribution in [-0.2, 0) is 11.8 Å². The average Bonchev–Trinajstić information content (AvgIpc) is 2.82. The second kappa shape index (κ2) is 7.40. The first-order chi connectivity index (χ1) is 11.9. The van der Waals surface area contributed by atoms with Gasteiger partial charge in [-0.1, -0.05) is 5.92 Å². The van der Waals surface area contributed by atoms with Crippen molar-refractivity contribution in [3.8, 4) is 12.3 Å². The fraction of sp³-hybridized carbons (Fsp3) is 0.235. The zero-order valence-corrected chi connectivity index (χ0v) is 14.1. The molecule has 0 unspecified atom stereocenters. The molecule has 0 saturated carbocycles. The standard InChI is InChI=1S/C17H17N5O3/c1-5-6-20-17(25)15(23)13-10(2)14(22(4)11(13)3)16(24)21-12-7-18-9-19-8-12/h1,7-9H,6H2,2-4H3,(H,20,25)(H,21,24). The predicted molar refractivity (Wildman–Crippen MR) is 91.0 cm³/mol. The fourth-order valence-corrected chi connectivity index (χ4v) is 2.51. The second-order valence-corrected chi connectivity index (χ2v) is 5.29. The van der Waals surface area contributed by atoms with Crippen LogP contribution < -0.4 is 10.6 Å². The van der Waals surface area contributed by atoms with Gasteiger partial charge in [-0.05, 0) is 19.4 Å². The maximum absolute atomic E-state index is 12.6. The van der Waals surface area contributed by atoms with E-state index in [0.717, 1.165) is 0 Å². The molecule has 128 valence electrons. The summed E-state index contributed by atoms with van der Waals surface area (Å²) in [7, 11) is 1.65. The molecule has 0 radical (unpaired) electrons. The largest absolute Gasteiger partial charge is 0.343 e. The van der Waals surface area contributed by atoms with E-state index >= 15 is 0 Å². The van der Waals surface area contributed by atoms with E-state index in [1.54, 1.807) is 25.5 Å². The first kappa shape index (κ1) is 17.9. The lowest BCUT2D eigenvalue weighted by molar-refractivity contribution is -0.116. The average molecular weight is 339 g/mol. The van der Waals surface area contributed by atoms with Crippen molar-refractivity contribution in [1.29, 1.82) is 0 Å². The van der Waals surface area contributed by atoms with Gasteiger partial charge in [0.1, 0.15) is 12.0 Å². The third-order valence-corrected chi connectivity index (χ3v) is 3.75. The van der Waals surface area contributed by atoms with Gasteiger partial charge in [0.15, 0.2) is 0 Å². The second-order valence-electron chi connectivity index (χ2n) is 5.29. The van der Waals surface area contributed by atoms with E-state index in [9.17, 15) is 14.4 Å². The Morgan fingerprint density at radius 2 is 1.88 bits per heavy atom. The molecule has 0 aliphatic carbocycles. The lowest BCUT2D eigenvalue weighted by Crippen LogP contribution is -2.31. The summed E-state index contributed by atoms with van der Waals surface area (Å²) >= 11 is 0. The normalized spacial score (nSPS) is 10.0. The molecule has 25 heavy (non-hydrogen) atoms. The van der Waals surface area contributed by atoms with E-state index in [4.69, 9.17) is 6.42 Å². The zero-order chi connectivity index (χ0) is 18.6. The van der Waals surface area contributed by atoms with Crippen LogP contribution in [0, 0.1) is 26.2 Å². The molecule has 2 amide bonds. The summed E-state index contributed by atoms with van der Waals surface area (Å²) in [4.78, 5) is 44.5. The van der Waals surface area contributed by atoms with Crippen LogP contribution in [0.4, 0.5) is 5.69 Å². The van der Waals surface area contributed by atoms with Crippen molar-refractivity contribution >= 4 is 23.3 Å². The Balaban J connectivity index is 2.36. The molecule has 0 bridgehead atoms. The number of rotatable bonds is 5. The first-order valence-corrected chi connectivity index (χ1v) is 7.36. The van der Waals surface area contributed by atoms with Crippen LogP contribution in [0.25, 0.3) is 0 Å². The highest BCUT2D eigenvalue weighted by atomic mass is 16.2.